The fraction of sp³-hybridized carbons (Fsp3) is 0.600. The van der Waals surface area contributed by atoms with Gasteiger partial charge in [0.05, 0.1) is 7.11 Å². The highest BCUT2D eigenvalue weighted by atomic mass is 16.5. The van der Waals surface area contributed by atoms with Gasteiger partial charge in [-0.05, 0) is 25.0 Å². The van der Waals surface area contributed by atoms with E-state index in [1.807, 2.05) is 32.0 Å². The molecule has 0 aromatic heterocycles. The van der Waals surface area contributed by atoms with Gasteiger partial charge in [0.25, 0.3) is 0 Å². The van der Waals surface area contributed by atoms with Crippen molar-refractivity contribution in [2.24, 2.45) is 5.92 Å². The number of benzene rings is 1. The Labute approximate surface area is 120 Å². The van der Waals surface area contributed by atoms with Crippen LogP contribution in [0.4, 0.5) is 0 Å². The molecular weight excluding hydrogens is 258 g/mol. The molecule has 0 saturated carbocycles. The molecule has 0 fully saturated rings. The molecule has 0 aliphatic heterocycles. The Morgan fingerprint density at radius 2 is 1.85 bits per heavy atom. The summed E-state index contributed by atoms with van der Waals surface area (Å²) in [6.45, 7) is 4.67. The number of nitrogens with one attached hydrogen (secondary N) is 1. The van der Waals surface area contributed by atoms with Crippen molar-refractivity contribution in [1.82, 2.24) is 5.32 Å². The van der Waals surface area contributed by atoms with E-state index in [4.69, 9.17) is 14.6 Å². The first-order valence-corrected chi connectivity index (χ1v) is 6.86. The number of hydrogen-bond acceptors (Lipinski definition) is 5. The maximum Gasteiger partial charge on any atom is 0.161 e. The van der Waals surface area contributed by atoms with E-state index in [1.165, 1.54) is 0 Å². The van der Waals surface area contributed by atoms with Crippen LogP contribution >= 0.6 is 0 Å². The Morgan fingerprint density at radius 3 is 2.45 bits per heavy atom. The highest BCUT2D eigenvalue weighted by Gasteiger charge is 2.13. The number of hydrogen-bond donors (Lipinski definition) is 3. The standard InChI is InChI=1S/C15H25NO4/c1-11(9-17)12(2)16-8-13(18)10-20-15-7-5-4-6-14(15)19-3/h4-7,11-13,16-18H,8-10H2,1-3H3. The molecule has 1 aromatic rings. The molecule has 5 nitrogen and oxygen atoms in total. The first-order valence-electron chi connectivity index (χ1n) is 6.86. The smallest absolute Gasteiger partial charge is 0.161 e. The highest BCUT2D eigenvalue weighted by Crippen LogP contribution is 2.25. The van der Waals surface area contributed by atoms with Crippen molar-refractivity contribution < 1.29 is 19.7 Å². The van der Waals surface area contributed by atoms with Crippen molar-refractivity contribution >= 4 is 0 Å². The Kier molecular flexibility index (Phi) is 7.36. The van der Waals surface area contributed by atoms with Gasteiger partial charge in [-0.2, -0.15) is 0 Å². The third kappa shape index (κ3) is 5.36. The Bertz CT molecular complexity index is 386. The average molecular weight is 283 g/mol. The van der Waals surface area contributed by atoms with Gasteiger partial charge < -0.3 is 25.0 Å². The fourth-order valence-electron chi connectivity index (χ4n) is 1.66. The molecule has 1 rings (SSSR count). The van der Waals surface area contributed by atoms with Gasteiger partial charge in [-0.25, -0.2) is 0 Å². The van der Waals surface area contributed by atoms with E-state index in [-0.39, 0.29) is 25.2 Å². The third-order valence-corrected chi connectivity index (χ3v) is 3.32. The number of aliphatic hydroxyl groups is 2. The topological polar surface area (TPSA) is 71.0 Å². The lowest BCUT2D eigenvalue weighted by atomic mass is 10.1. The monoisotopic (exact) mass is 283 g/mol. The van der Waals surface area contributed by atoms with E-state index < -0.39 is 6.10 Å². The van der Waals surface area contributed by atoms with Gasteiger partial charge in [0.15, 0.2) is 11.5 Å². The minimum absolute atomic E-state index is 0.127. The van der Waals surface area contributed by atoms with Crippen LogP contribution in [0.25, 0.3) is 0 Å². The van der Waals surface area contributed by atoms with Crippen LogP contribution in [0.2, 0.25) is 0 Å². The molecule has 5 heteroatoms. The molecule has 3 atom stereocenters. The lowest BCUT2D eigenvalue weighted by Gasteiger charge is -2.21. The van der Waals surface area contributed by atoms with Gasteiger partial charge in [0, 0.05) is 19.2 Å². The molecule has 0 spiro atoms. The van der Waals surface area contributed by atoms with Gasteiger partial charge in [0.1, 0.15) is 12.7 Å². The molecule has 0 aliphatic carbocycles. The number of ether oxygens (including phenoxy) is 2. The van der Waals surface area contributed by atoms with Crippen LogP contribution in [0.15, 0.2) is 24.3 Å². The van der Waals surface area contributed by atoms with Crippen LogP contribution in [-0.2, 0) is 0 Å². The maximum absolute atomic E-state index is 9.89. The summed E-state index contributed by atoms with van der Waals surface area (Å²) in [5.74, 6) is 1.41. The summed E-state index contributed by atoms with van der Waals surface area (Å²) in [5.41, 5.74) is 0. The summed E-state index contributed by atoms with van der Waals surface area (Å²) in [4.78, 5) is 0. The summed E-state index contributed by atoms with van der Waals surface area (Å²) in [6.07, 6.45) is -0.617. The van der Waals surface area contributed by atoms with Crippen LogP contribution < -0.4 is 14.8 Å². The first kappa shape index (κ1) is 16.8. The van der Waals surface area contributed by atoms with E-state index in [9.17, 15) is 5.11 Å². The molecule has 114 valence electrons. The molecule has 0 aliphatic rings. The predicted octanol–water partition coefficient (Wildman–Crippen LogP) is 1.04. The van der Waals surface area contributed by atoms with Crippen molar-refractivity contribution in [2.75, 3.05) is 26.9 Å². The predicted molar refractivity (Wildman–Crippen MR) is 78.2 cm³/mol. The lowest BCUT2D eigenvalue weighted by Crippen LogP contribution is -2.40. The molecular formula is C15H25NO4. The second-order valence-electron chi connectivity index (χ2n) is 4.97. The summed E-state index contributed by atoms with van der Waals surface area (Å²) < 4.78 is 10.7. The van der Waals surface area contributed by atoms with Crippen molar-refractivity contribution in [3.63, 3.8) is 0 Å². The lowest BCUT2D eigenvalue weighted by molar-refractivity contribution is 0.0977. The van der Waals surface area contributed by atoms with E-state index in [2.05, 4.69) is 5.32 Å². The zero-order chi connectivity index (χ0) is 15.0. The zero-order valence-corrected chi connectivity index (χ0v) is 12.4. The summed E-state index contributed by atoms with van der Waals surface area (Å²) in [7, 11) is 1.58. The molecule has 0 heterocycles. The third-order valence-electron chi connectivity index (χ3n) is 3.32. The molecule has 20 heavy (non-hydrogen) atoms. The molecule has 3 unspecified atom stereocenters. The van der Waals surface area contributed by atoms with Gasteiger partial charge >= 0.3 is 0 Å². The van der Waals surface area contributed by atoms with Gasteiger partial charge in [-0.1, -0.05) is 19.1 Å². The van der Waals surface area contributed by atoms with Crippen molar-refractivity contribution in [1.29, 1.82) is 0 Å². The fourth-order valence-corrected chi connectivity index (χ4v) is 1.66. The Balaban J connectivity index is 2.34. The average Bonchev–Trinajstić information content (AvgIpc) is 2.49. The maximum atomic E-state index is 9.89. The number of rotatable bonds is 9. The summed E-state index contributed by atoms with van der Waals surface area (Å²) in [6, 6.07) is 7.47. The van der Waals surface area contributed by atoms with Crippen LogP contribution in [0.1, 0.15) is 13.8 Å². The SMILES string of the molecule is COc1ccccc1OCC(O)CNC(C)C(C)CO. The molecule has 1 aromatic carbocycles. The molecule has 0 bridgehead atoms. The second kappa shape index (κ2) is 8.79. The quantitative estimate of drug-likeness (QED) is 0.632. The molecule has 0 saturated heterocycles. The second-order valence-corrected chi connectivity index (χ2v) is 4.97. The van der Waals surface area contributed by atoms with Crippen molar-refractivity contribution in [3.05, 3.63) is 24.3 Å². The first-order chi connectivity index (χ1) is 9.58. The normalized spacial score (nSPS) is 15.4. The molecule has 3 N–H and O–H groups in total. The van der Waals surface area contributed by atoms with Crippen LogP contribution in [0.3, 0.4) is 0 Å². The number of para-hydroxylation sites is 2. The zero-order valence-electron chi connectivity index (χ0n) is 12.4. The van der Waals surface area contributed by atoms with Gasteiger partial charge in [-0.15, -0.1) is 0 Å². The van der Waals surface area contributed by atoms with E-state index in [0.717, 1.165) is 0 Å². The van der Waals surface area contributed by atoms with Gasteiger partial charge in [0.2, 0.25) is 0 Å². The number of methoxy groups -OCH3 is 1. The van der Waals surface area contributed by atoms with Crippen molar-refractivity contribution in [2.45, 2.75) is 26.0 Å². The van der Waals surface area contributed by atoms with Gasteiger partial charge in [-0.3, -0.25) is 0 Å². The van der Waals surface area contributed by atoms with Crippen LogP contribution in [-0.4, -0.2) is 49.2 Å². The highest BCUT2D eigenvalue weighted by molar-refractivity contribution is 5.39. The molecule has 0 amide bonds. The van der Waals surface area contributed by atoms with E-state index in [1.54, 1.807) is 13.2 Å². The van der Waals surface area contributed by atoms with Crippen LogP contribution in [0.5, 0.6) is 11.5 Å². The number of aliphatic hydroxyl groups excluding tert-OH is 2. The van der Waals surface area contributed by atoms with E-state index >= 15 is 0 Å². The summed E-state index contributed by atoms with van der Waals surface area (Å²) >= 11 is 0. The van der Waals surface area contributed by atoms with E-state index in [0.29, 0.717) is 18.0 Å². The van der Waals surface area contributed by atoms with Crippen molar-refractivity contribution in [3.8, 4) is 11.5 Å². The minimum Gasteiger partial charge on any atom is -0.493 e. The summed E-state index contributed by atoms with van der Waals surface area (Å²) in [5, 5.41) is 22.1. The van der Waals surface area contributed by atoms with Crippen LogP contribution in [0, 0.1) is 5.92 Å². The Morgan fingerprint density at radius 1 is 1.20 bits per heavy atom. The largest absolute Gasteiger partial charge is 0.493 e. The molecule has 0 radical (unpaired) electrons. The minimum atomic E-state index is -0.617. The Hall–Kier alpha value is -1.30.